The topological polar surface area (TPSA) is 0 Å². The molecule has 0 bridgehead atoms. The lowest BCUT2D eigenvalue weighted by Gasteiger charge is -2.43. The van der Waals surface area contributed by atoms with Crippen LogP contribution in [-0.4, -0.2) is 12.8 Å². The van der Waals surface area contributed by atoms with Gasteiger partial charge in [-0.1, -0.05) is 48.5 Å². The molecule has 0 radical (unpaired) electrons. The lowest BCUT2D eigenvalue weighted by molar-refractivity contribution is 0.0799. The van der Waals surface area contributed by atoms with E-state index in [0.29, 0.717) is 16.2 Å². The van der Waals surface area contributed by atoms with Gasteiger partial charge in [0, 0.05) is 0 Å². The Morgan fingerprint density at radius 2 is 1.12 bits per heavy atom. The summed E-state index contributed by atoms with van der Waals surface area (Å²) < 4.78 is 0. The molecule has 0 aliphatic heterocycles. The number of hydrogen-bond donors (Lipinski definition) is 0. The van der Waals surface area contributed by atoms with Crippen molar-refractivity contribution in [2.45, 2.75) is 67.7 Å². The van der Waals surface area contributed by atoms with Crippen LogP contribution in [0.1, 0.15) is 67.7 Å². The van der Waals surface area contributed by atoms with Crippen molar-refractivity contribution in [3.63, 3.8) is 0 Å². The first-order valence-corrected chi connectivity index (χ1v) is 8.37. The van der Waals surface area contributed by atoms with Gasteiger partial charge in [0.25, 0.3) is 0 Å². The molecule has 0 N–H and O–H groups in total. The molecule has 0 saturated heterocycles. The highest BCUT2D eigenvalue weighted by Gasteiger charge is 2.36. The van der Waals surface area contributed by atoms with Crippen LogP contribution >= 0.6 is 8.58 Å². The van der Waals surface area contributed by atoms with Crippen LogP contribution in [0.15, 0.2) is 0 Å². The van der Waals surface area contributed by atoms with Gasteiger partial charge in [-0.15, -0.1) is 8.58 Å². The van der Waals surface area contributed by atoms with Crippen LogP contribution in [0.4, 0.5) is 0 Å². The van der Waals surface area contributed by atoms with E-state index in [0.717, 1.165) is 8.58 Å². The van der Waals surface area contributed by atoms with Crippen LogP contribution < -0.4 is 0 Å². The monoisotopic (exact) mass is 244 g/mol. The third kappa shape index (κ3) is 5.67. The molecule has 0 fully saturated rings. The fourth-order valence-electron chi connectivity index (χ4n) is 1.80. The minimum atomic E-state index is 0.458. The fraction of sp³-hybridized carbons (Fsp3) is 1.00. The van der Waals surface area contributed by atoms with Crippen LogP contribution in [0.2, 0.25) is 0 Å². The summed E-state index contributed by atoms with van der Waals surface area (Å²) in [5.74, 6) is 0. The van der Waals surface area contributed by atoms with Crippen LogP contribution in [0.25, 0.3) is 0 Å². The molecule has 0 aromatic carbocycles. The lowest BCUT2D eigenvalue weighted by Crippen LogP contribution is -2.34. The fourth-order valence-corrected chi connectivity index (χ4v) is 2.68. The Hall–Kier alpha value is 0.430. The maximum atomic E-state index is 2.46. The summed E-state index contributed by atoms with van der Waals surface area (Å²) in [6.45, 7) is 19.2. The lowest BCUT2D eigenvalue weighted by atomic mass is 9.63. The molecule has 1 atom stereocenters. The molecule has 0 amide bonds. The highest BCUT2D eigenvalue weighted by molar-refractivity contribution is 7.36. The quantitative estimate of drug-likeness (QED) is 0.536. The predicted octanol–water partition coefficient (Wildman–Crippen LogP) is 5.56. The average Bonchev–Trinajstić information content (AvgIpc) is 2.10. The molecular weight excluding hydrogens is 211 g/mol. The predicted molar refractivity (Wildman–Crippen MR) is 80.0 cm³/mol. The maximum Gasteiger partial charge on any atom is -0.0300 e. The summed E-state index contributed by atoms with van der Waals surface area (Å²) in [6.07, 6.45) is 5.44. The standard InChI is InChI=1S/C15H33P/c1-13(2,3)9-10-14(4,5)15(6,7)11-12-16-8/h16H,9-12H2,1-8H3. The highest BCUT2D eigenvalue weighted by atomic mass is 31.1. The van der Waals surface area contributed by atoms with Crippen molar-refractivity contribution in [2.24, 2.45) is 16.2 Å². The van der Waals surface area contributed by atoms with E-state index >= 15 is 0 Å². The van der Waals surface area contributed by atoms with Gasteiger partial charge < -0.3 is 0 Å². The van der Waals surface area contributed by atoms with Gasteiger partial charge in [0.15, 0.2) is 0 Å². The summed E-state index contributed by atoms with van der Waals surface area (Å²) in [4.78, 5) is 0. The first kappa shape index (κ1) is 16.4. The molecular formula is C15H33P. The molecule has 0 aliphatic carbocycles. The second kappa shape index (κ2) is 5.85. The molecule has 1 heteroatoms. The molecule has 16 heavy (non-hydrogen) atoms. The van der Waals surface area contributed by atoms with Crippen LogP contribution in [0.3, 0.4) is 0 Å². The van der Waals surface area contributed by atoms with Gasteiger partial charge in [0.2, 0.25) is 0 Å². The molecule has 0 heterocycles. The van der Waals surface area contributed by atoms with Gasteiger partial charge >= 0.3 is 0 Å². The van der Waals surface area contributed by atoms with Gasteiger partial charge in [0.1, 0.15) is 0 Å². The van der Waals surface area contributed by atoms with Gasteiger partial charge in [-0.25, -0.2) is 0 Å². The zero-order valence-electron chi connectivity index (χ0n) is 12.8. The third-order valence-corrected chi connectivity index (χ3v) is 5.08. The van der Waals surface area contributed by atoms with Crippen LogP contribution in [0, 0.1) is 16.2 Å². The van der Waals surface area contributed by atoms with Crippen molar-refractivity contribution in [3.8, 4) is 0 Å². The molecule has 0 aromatic heterocycles. The average molecular weight is 244 g/mol. The van der Waals surface area contributed by atoms with E-state index in [1.807, 2.05) is 0 Å². The van der Waals surface area contributed by atoms with E-state index in [-0.39, 0.29) is 0 Å². The van der Waals surface area contributed by atoms with E-state index < -0.39 is 0 Å². The normalized spacial score (nSPS) is 15.0. The Bertz CT molecular complexity index is 196. The Morgan fingerprint density at radius 1 is 0.688 bits per heavy atom. The van der Waals surface area contributed by atoms with E-state index in [1.165, 1.54) is 25.4 Å². The van der Waals surface area contributed by atoms with Gasteiger partial charge in [-0.2, -0.15) is 0 Å². The molecule has 98 valence electrons. The summed E-state index contributed by atoms with van der Waals surface area (Å²) in [5.41, 5.74) is 1.40. The number of rotatable bonds is 6. The molecule has 1 unspecified atom stereocenters. The molecule has 0 nitrogen and oxygen atoms in total. The smallest absolute Gasteiger partial charge is 0.0300 e. The van der Waals surface area contributed by atoms with E-state index in [1.54, 1.807) is 0 Å². The van der Waals surface area contributed by atoms with Crippen LogP contribution in [0.5, 0.6) is 0 Å². The summed E-state index contributed by atoms with van der Waals surface area (Å²) >= 11 is 0. The second-order valence-corrected chi connectivity index (χ2v) is 8.89. The Balaban J connectivity index is 4.39. The Morgan fingerprint density at radius 3 is 1.50 bits per heavy atom. The minimum absolute atomic E-state index is 0.458. The van der Waals surface area contributed by atoms with Crippen molar-refractivity contribution in [3.05, 3.63) is 0 Å². The van der Waals surface area contributed by atoms with Gasteiger partial charge in [-0.3, -0.25) is 0 Å². The van der Waals surface area contributed by atoms with Crippen LogP contribution in [-0.2, 0) is 0 Å². The van der Waals surface area contributed by atoms with Crippen molar-refractivity contribution in [2.75, 3.05) is 12.8 Å². The van der Waals surface area contributed by atoms with E-state index in [4.69, 9.17) is 0 Å². The third-order valence-electron chi connectivity index (χ3n) is 4.33. The zero-order chi connectivity index (χ0) is 13.0. The maximum absolute atomic E-state index is 2.46. The van der Waals surface area contributed by atoms with Crippen molar-refractivity contribution in [1.82, 2.24) is 0 Å². The first-order chi connectivity index (χ1) is 7.02. The van der Waals surface area contributed by atoms with E-state index in [2.05, 4.69) is 55.1 Å². The SMILES string of the molecule is CPCCC(C)(C)C(C)(C)CCC(C)(C)C. The summed E-state index contributed by atoms with van der Waals surface area (Å²) in [7, 11) is 1.10. The van der Waals surface area contributed by atoms with Gasteiger partial charge in [0.05, 0.1) is 0 Å². The summed E-state index contributed by atoms with van der Waals surface area (Å²) in [5, 5.41) is 0. The zero-order valence-corrected chi connectivity index (χ0v) is 13.8. The largest absolute Gasteiger partial charge is 0.125 e. The second-order valence-electron chi connectivity index (χ2n) is 7.68. The Kier molecular flexibility index (Phi) is 6.01. The van der Waals surface area contributed by atoms with Crippen molar-refractivity contribution < 1.29 is 0 Å². The number of hydrogen-bond acceptors (Lipinski definition) is 0. The van der Waals surface area contributed by atoms with E-state index in [9.17, 15) is 0 Å². The molecule has 0 spiro atoms. The molecule has 0 aromatic rings. The van der Waals surface area contributed by atoms with Crippen molar-refractivity contribution in [1.29, 1.82) is 0 Å². The highest BCUT2D eigenvalue weighted by Crippen LogP contribution is 2.46. The first-order valence-electron chi connectivity index (χ1n) is 6.66. The molecule has 0 aliphatic rings. The molecule has 0 rings (SSSR count). The minimum Gasteiger partial charge on any atom is -0.125 e. The Labute approximate surface area is 106 Å². The summed E-state index contributed by atoms with van der Waals surface area (Å²) in [6, 6.07) is 0. The van der Waals surface area contributed by atoms with Crippen molar-refractivity contribution >= 4 is 8.58 Å². The molecule has 0 saturated carbocycles. The van der Waals surface area contributed by atoms with Gasteiger partial charge in [-0.05, 0) is 48.3 Å².